The van der Waals surface area contributed by atoms with Gasteiger partial charge < -0.3 is 19.7 Å². The molecule has 6 heteroatoms. The first-order chi connectivity index (χ1) is 11.1. The number of carbonyl (C=O) groups excluding carboxylic acids is 1. The van der Waals surface area contributed by atoms with Crippen LogP contribution >= 0.6 is 0 Å². The van der Waals surface area contributed by atoms with E-state index in [2.05, 4.69) is 4.98 Å². The Hall–Kier alpha value is -2.50. The lowest BCUT2D eigenvalue weighted by molar-refractivity contribution is -0.128. The highest BCUT2D eigenvalue weighted by Gasteiger charge is 2.38. The van der Waals surface area contributed by atoms with E-state index in [4.69, 9.17) is 0 Å². The van der Waals surface area contributed by atoms with Crippen LogP contribution in [0, 0.1) is 0 Å². The lowest BCUT2D eigenvalue weighted by Gasteiger charge is -2.28. The van der Waals surface area contributed by atoms with Crippen molar-refractivity contribution in [1.82, 2.24) is 14.5 Å². The molecule has 2 aliphatic rings. The molecule has 1 amide bonds. The molecule has 1 aromatic rings. The zero-order valence-corrected chi connectivity index (χ0v) is 13.1. The van der Waals surface area contributed by atoms with E-state index in [1.807, 2.05) is 16.8 Å². The molecule has 122 valence electrons. The van der Waals surface area contributed by atoms with Crippen molar-refractivity contribution in [2.24, 2.45) is 0 Å². The molecule has 0 aromatic carbocycles. The Morgan fingerprint density at radius 3 is 2.87 bits per heavy atom. The van der Waals surface area contributed by atoms with E-state index in [1.165, 1.54) is 0 Å². The van der Waals surface area contributed by atoms with Gasteiger partial charge in [-0.1, -0.05) is 6.08 Å². The summed E-state index contributed by atoms with van der Waals surface area (Å²) >= 11 is 0. The number of nitrogens with zero attached hydrogens (tertiary/aromatic N) is 3. The maximum atomic E-state index is 12.3. The van der Waals surface area contributed by atoms with E-state index in [9.17, 15) is 15.0 Å². The first-order valence-corrected chi connectivity index (χ1v) is 7.84. The summed E-state index contributed by atoms with van der Waals surface area (Å²) in [5.74, 6) is -0.179. The Bertz CT molecular complexity index is 686. The summed E-state index contributed by atoms with van der Waals surface area (Å²) in [6.07, 6.45) is 11.2. The fourth-order valence-electron chi connectivity index (χ4n) is 3.19. The van der Waals surface area contributed by atoms with Crippen LogP contribution in [0.4, 0.5) is 0 Å². The Kier molecular flexibility index (Phi) is 4.23. The second-order valence-electron chi connectivity index (χ2n) is 5.97. The van der Waals surface area contributed by atoms with Crippen molar-refractivity contribution in [3.8, 4) is 0 Å². The molecule has 3 rings (SSSR count). The molecule has 6 nitrogen and oxygen atoms in total. The van der Waals surface area contributed by atoms with Gasteiger partial charge in [0.1, 0.15) is 0 Å². The minimum absolute atomic E-state index is 0.169. The first-order valence-electron chi connectivity index (χ1n) is 7.84. The standard InChI is InChI=1S/C17H21N3O3/c1-12-15(13-4-2-5-14(21)10-13)20(17(23)16(12)22)8-3-7-19-9-6-18-11-19/h4,6,9-11,15,21-22H,2-3,5,7-8H2,1H3. The monoisotopic (exact) mass is 315 g/mol. The van der Waals surface area contributed by atoms with Gasteiger partial charge in [0.15, 0.2) is 5.76 Å². The van der Waals surface area contributed by atoms with Gasteiger partial charge >= 0.3 is 0 Å². The molecule has 0 fully saturated rings. The van der Waals surface area contributed by atoms with Crippen LogP contribution in [0.3, 0.4) is 0 Å². The van der Waals surface area contributed by atoms with Gasteiger partial charge in [-0.05, 0) is 31.4 Å². The minimum atomic E-state index is -0.336. The molecule has 1 atom stereocenters. The zero-order chi connectivity index (χ0) is 16.4. The summed E-state index contributed by atoms with van der Waals surface area (Å²) in [5, 5.41) is 19.8. The van der Waals surface area contributed by atoms with Crippen molar-refractivity contribution >= 4 is 5.91 Å². The van der Waals surface area contributed by atoms with E-state index in [0.717, 1.165) is 25.0 Å². The molecule has 0 saturated heterocycles. The van der Waals surface area contributed by atoms with Gasteiger partial charge in [-0.3, -0.25) is 4.79 Å². The van der Waals surface area contributed by atoms with Gasteiger partial charge in [0, 0.05) is 37.5 Å². The third-order valence-electron chi connectivity index (χ3n) is 4.36. The summed E-state index contributed by atoms with van der Waals surface area (Å²) in [4.78, 5) is 18.0. The SMILES string of the molecule is CC1=C(O)C(=O)N(CCCn2ccnc2)C1C1=CCCC(O)=C1. The fourth-order valence-corrected chi connectivity index (χ4v) is 3.19. The van der Waals surface area contributed by atoms with Crippen LogP contribution in [0.25, 0.3) is 0 Å². The van der Waals surface area contributed by atoms with E-state index >= 15 is 0 Å². The molecule has 0 radical (unpaired) electrons. The molecule has 0 spiro atoms. The number of hydrogen-bond acceptors (Lipinski definition) is 4. The van der Waals surface area contributed by atoms with Crippen molar-refractivity contribution in [3.63, 3.8) is 0 Å². The van der Waals surface area contributed by atoms with Gasteiger partial charge in [-0.2, -0.15) is 0 Å². The zero-order valence-electron chi connectivity index (χ0n) is 13.1. The van der Waals surface area contributed by atoms with Crippen LogP contribution in [-0.4, -0.2) is 43.2 Å². The molecule has 2 N–H and O–H groups in total. The van der Waals surface area contributed by atoms with Crippen LogP contribution in [0.1, 0.15) is 26.2 Å². The highest BCUT2D eigenvalue weighted by Crippen LogP contribution is 2.32. The molecular weight excluding hydrogens is 294 g/mol. The van der Waals surface area contributed by atoms with Gasteiger partial charge in [-0.25, -0.2) is 4.98 Å². The van der Waals surface area contributed by atoms with Crippen LogP contribution < -0.4 is 0 Å². The highest BCUT2D eigenvalue weighted by molar-refractivity contribution is 5.96. The number of imidazole rings is 1. The number of amides is 1. The van der Waals surface area contributed by atoms with E-state index in [0.29, 0.717) is 24.3 Å². The molecule has 2 heterocycles. The molecule has 1 aliphatic heterocycles. The molecular formula is C17H21N3O3. The smallest absolute Gasteiger partial charge is 0.289 e. The molecule has 23 heavy (non-hydrogen) atoms. The molecule has 0 bridgehead atoms. The highest BCUT2D eigenvalue weighted by atomic mass is 16.3. The molecule has 0 saturated carbocycles. The fraction of sp³-hybridized carbons (Fsp3) is 0.412. The first kappa shape index (κ1) is 15.4. The molecule has 1 unspecified atom stereocenters. The third kappa shape index (κ3) is 3.02. The van der Waals surface area contributed by atoms with Crippen molar-refractivity contribution in [2.45, 2.75) is 38.8 Å². The van der Waals surface area contributed by atoms with Crippen molar-refractivity contribution in [2.75, 3.05) is 6.54 Å². The maximum absolute atomic E-state index is 12.3. The van der Waals surface area contributed by atoms with Gasteiger partial charge in [0.05, 0.1) is 18.1 Å². The number of aliphatic hydroxyl groups excluding tert-OH is 2. The van der Waals surface area contributed by atoms with Crippen molar-refractivity contribution in [1.29, 1.82) is 0 Å². The normalized spacial score (nSPS) is 21.7. The summed E-state index contributed by atoms with van der Waals surface area (Å²) in [5.41, 5.74) is 1.53. The Morgan fingerprint density at radius 1 is 1.35 bits per heavy atom. The van der Waals surface area contributed by atoms with Crippen molar-refractivity contribution < 1.29 is 15.0 Å². The quantitative estimate of drug-likeness (QED) is 0.875. The Labute approximate surface area is 135 Å². The number of aromatic nitrogens is 2. The van der Waals surface area contributed by atoms with Crippen LogP contribution in [0.2, 0.25) is 0 Å². The minimum Gasteiger partial charge on any atom is -0.512 e. The average Bonchev–Trinajstić information content (AvgIpc) is 3.11. The number of aliphatic hydroxyl groups is 2. The lowest BCUT2D eigenvalue weighted by atomic mass is 9.94. The molecule has 1 aromatic heterocycles. The summed E-state index contributed by atoms with van der Waals surface area (Å²) in [6.45, 7) is 3.07. The second-order valence-corrected chi connectivity index (χ2v) is 5.97. The van der Waals surface area contributed by atoms with Crippen LogP contribution in [-0.2, 0) is 11.3 Å². The topological polar surface area (TPSA) is 78.6 Å². The van der Waals surface area contributed by atoms with Gasteiger partial charge in [-0.15, -0.1) is 0 Å². The van der Waals surface area contributed by atoms with E-state index in [-0.39, 0.29) is 17.7 Å². The Morgan fingerprint density at radius 2 is 2.17 bits per heavy atom. The van der Waals surface area contributed by atoms with Gasteiger partial charge in [0.25, 0.3) is 5.91 Å². The average molecular weight is 315 g/mol. The summed E-state index contributed by atoms with van der Waals surface area (Å²) in [6, 6.07) is -0.285. The molecule has 1 aliphatic carbocycles. The predicted octanol–water partition coefficient (Wildman–Crippen LogP) is 2.48. The Balaban J connectivity index is 1.74. The summed E-state index contributed by atoms with van der Waals surface area (Å²) in [7, 11) is 0. The van der Waals surface area contributed by atoms with Gasteiger partial charge in [0.2, 0.25) is 0 Å². The number of aryl methyl sites for hydroxylation is 1. The van der Waals surface area contributed by atoms with Crippen LogP contribution in [0.5, 0.6) is 0 Å². The lowest BCUT2D eigenvalue weighted by Crippen LogP contribution is -2.38. The number of allylic oxidation sites excluding steroid dienone is 2. The number of rotatable bonds is 5. The van der Waals surface area contributed by atoms with E-state index in [1.54, 1.807) is 30.4 Å². The largest absolute Gasteiger partial charge is 0.512 e. The van der Waals surface area contributed by atoms with Crippen molar-refractivity contribution in [3.05, 3.63) is 53.5 Å². The number of hydrogen-bond donors (Lipinski definition) is 2. The summed E-state index contributed by atoms with van der Waals surface area (Å²) < 4.78 is 1.96. The van der Waals surface area contributed by atoms with Crippen LogP contribution in [0.15, 0.2) is 53.5 Å². The number of carbonyl (C=O) groups is 1. The predicted molar refractivity (Wildman–Crippen MR) is 85.7 cm³/mol. The maximum Gasteiger partial charge on any atom is 0.289 e. The van der Waals surface area contributed by atoms with E-state index < -0.39 is 0 Å². The third-order valence-corrected chi connectivity index (χ3v) is 4.36. The second kappa shape index (κ2) is 6.32.